The number of hydrogen-bond acceptors (Lipinski definition) is 7. The van der Waals surface area contributed by atoms with E-state index in [2.05, 4.69) is 20.2 Å². The Hall–Kier alpha value is -2.25. The number of aromatic nitrogens is 4. The zero-order valence-electron chi connectivity index (χ0n) is 15.3. The fourth-order valence-corrected chi connectivity index (χ4v) is 4.35. The van der Waals surface area contributed by atoms with E-state index < -0.39 is 0 Å². The highest BCUT2D eigenvalue weighted by atomic mass is 32.1. The van der Waals surface area contributed by atoms with Gasteiger partial charge in [0.15, 0.2) is 5.01 Å². The molecule has 27 heavy (non-hydrogen) atoms. The van der Waals surface area contributed by atoms with Crippen LogP contribution >= 0.6 is 11.3 Å². The molecule has 0 spiro atoms. The molecule has 0 amide bonds. The van der Waals surface area contributed by atoms with E-state index in [-0.39, 0.29) is 18.3 Å². The highest BCUT2D eigenvalue weighted by Gasteiger charge is 2.26. The van der Waals surface area contributed by atoms with Crippen molar-refractivity contribution >= 4 is 27.9 Å². The number of carbonyl (C=O) groups excluding carboxylic acids is 1. The number of aliphatic hydroxyl groups excluding tert-OH is 1. The summed E-state index contributed by atoms with van der Waals surface area (Å²) in [5, 5.41) is 21.1. The van der Waals surface area contributed by atoms with Gasteiger partial charge in [0.25, 0.3) is 0 Å². The third-order valence-electron chi connectivity index (χ3n) is 5.32. The second-order valence-electron chi connectivity index (χ2n) is 7.26. The van der Waals surface area contributed by atoms with Gasteiger partial charge >= 0.3 is 0 Å². The SMILES string of the molecule is Cc1nnc(-c2cc3cc(CC(=O)C4CCC(CO)CC4)ncc3cn2)s1. The number of rotatable bonds is 5. The van der Waals surface area contributed by atoms with Crippen molar-refractivity contribution < 1.29 is 9.90 Å². The minimum absolute atomic E-state index is 0.0997. The predicted molar refractivity (Wildman–Crippen MR) is 104 cm³/mol. The number of carbonyl (C=O) groups is 1. The molecule has 0 unspecified atom stereocenters. The van der Waals surface area contributed by atoms with Crippen LogP contribution in [0.2, 0.25) is 0 Å². The number of aryl methyl sites for hydroxylation is 1. The first kappa shape index (κ1) is 18.1. The molecule has 1 N–H and O–H groups in total. The predicted octanol–water partition coefficient (Wildman–Crippen LogP) is 3.37. The second kappa shape index (κ2) is 7.78. The van der Waals surface area contributed by atoms with Crippen LogP contribution in [0.25, 0.3) is 21.5 Å². The van der Waals surface area contributed by atoms with Gasteiger partial charge in [0.05, 0.1) is 0 Å². The molecule has 0 saturated heterocycles. The maximum atomic E-state index is 12.7. The van der Waals surface area contributed by atoms with Crippen LogP contribution in [0.5, 0.6) is 0 Å². The lowest BCUT2D eigenvalue weighted by molar-refractivity contribution is -0.123. The average Bonchev–Trinajstić information content (AvgIpc) is 3.14. The largest absolute Gasteiger partial charge is 0.396 e. The molecule has 1 aliphatic carbocycles. The highest BCUT2D eigenvalue weighted by molar-refractivity contribution is 7.14. The molecule has 0 atom stereocenters. The van der Waals surface area contributed by atoms with Crippen molar-refractivity contribution in [2.24, 2.45) is 11.8 Å². The number of ketones is 1. The molecule has 0 aliphatic heterocycles. The van der Waals surface area contributed by atoms with E-state index in [1.165, 1.54) is 11.3 Å². The van der Waals surface area contributed by atoms with Crippen LogP contribution in [0, 0.1) is 18.8 Å². The van der Waals surface area contributed by atoms with Crippen LogP contribution in [0.4, 0.5) is 0 Å². The van der Waals surface area contributed by atoms with Crippen LogP contribution in [0.3, 0.4) is 0 Å². The van der Waals surface area contributed by atoms with Crippen molar-refractivity contribution in [3.8, 4) is 10.7 Å². The fourth-order valence-electron chi connectivity index (χ4n) is 3.69. The molecule has 3 heterocycles. The van der Waals surface area contributed by atoms with Gasteiger partial charge in [0.2, 0.25) is 0 Å². The zero-order valence-corrected chi connectivity index (χ0v) is 16.1. The van der Waals surface area contributed by atoms with Gasteiger partial charge in [0, 0.05) is 42.4 Å². The van der Waals surface area contributed by atoms with Crippen molar-refractivity contribution in [1.29, 1.82) is 0 Å². The molecule has 0 radical (unpaired) electrons. The van der Waals surface area contributed by atoms with Crippen LogP contribution < -0.4 is 0 Å². The fraction of sp³-hybridized carbons (Fsp3) is 0.450. The third-order valence-corrected chi connectivity index (χ3v) is 6.18. The molecule has 7 heteroatoms. The summed E-state index contributed by atoms with van der Waals surface area (Å²) in [5.74, 6) is 0.720. The van der Waals surface area contributed by atoms with E-state index >= 15 is 0 Å². The summed E-state index contributed by atoms with van der Waals surface area (Å²) in [4.78, 5) is 21.6. The number of hydrogen-bond donors (Lipinski definition) is 1. The third kappa shape index (κ3) is 4.04. The Morgan fingerprint density at radius 3 is 2.59 bits per heavy atom. The Labute approximate surface area is 161 Å². The molecule has 6 nitrogen and oxygen atoms in total. The molecule has 3 aromatic rings. The monoisotopic (exact) mass is 382 g/mol. The molecule has 1 saturated carbocycles. The second-order valence-corrected chi connectivity index (χ2v) is 8.44. The standard InChI is InChI=1S/C20H22N4O2S/c1-12-23-24-20(27-12)18-7-15-6-17(21-9-16(15)10-22-18)8-19(26)14-4-2-13(11-25)3-5-14/h6-7,9-10,13-14,25H,2-5,8,11H2,1H3. The number of pyridine rings is 2. The lowest BCUT2D eigenvalue weighted by atomic mass is 9.79. The Kier molecular flexibility index (Phi) is 5.22. The Bertz CT molecular complexity index is 964. The van der Waals surface area contributed by atoms with Crippen molar-refractivity contribution in [2.45, 2.75) is 39.0 Å². The smallest absolute Gasteiger partial charge is 0.166 e. The number of nitrogens with zero attached hydrogens (tertiary/aromatic N) is 4. The molecule has 3 aromatic heterocycles. The van der Waals surface area contributed by atoms with Crippen LogP contribution in [0.15, 0.2) is 24.5 Å². The van der Waals surface area contributed by atoms with Gasteiger partial charge in [0.1, 0.15) is 16.5 Å². The Morgan fingerprint density at radius 2 is 1.89 bits per heavy atom. The first-order valence-electron chi connectivity index (χ1n) is 9.31. The van der Waals surface area contributed by atoms with Crippen LogP contribution in [-0.2, 0) is 11.2 Å². The van der Waals surface area contributed by atoms with Gasteiger partial charge in [-0.1, -0.05) is 11.3 Å². The molecule has 140 valence electrons. The van der Waals surface area contributed by atoms with Gasteiger partial charge < -0.3 is 5.11 Å². The first-order chi connectivity index (χ1) is 13.1. The minimum atomic E-state index is 0.0997. The summed E-state index contributed by atoms with van der Waals surface area (Å²) in [7, 11) is 0. The van der Waals surface area contributed by atoms with E-state index in [9.17, 15) is 9.90 Å². The van der Waals surface area contributed by atoms with E-state index in [0.717, 1.165) is 57.9 Å². The van der Waals surface area contributed by atoms with Crippen molar-refractivity contribution in [3.63, 3.8) is 0 Å². The Morgan fingerprint density at radius 1 is 1.11 bits per heavy atom. The molecule has 0 aromatic carbocycles. The van der Waals surface area contributed by atoms with Gasteiger partial charge in [-0.2, -0.15) is 0 Å². The van der Waals surface area contributed by atoms with Gasteiger partial charge in [-0.3, -0.25) is 14.8 Å². The maximum Gasteiger partial charge on any atom is 0.166 e. The quantitative estimate of drug-likeness (QED) is 0.728. The molecule has 1 fully saturated rings. The highest BCUT2D eigenvalue weighted by Crippen LogP contribution is 2.30. The van der Waals surface area contributed by atoms with E-state index in [1.54, 1.807) is 12.4 Å². The van der Waals surface area contributed by atoms with Crippen LogP contribution in [-0.4, -0.2) is 37.7 Å². The maximum absolute atomic E-state index is 12.7. The summed E-state index contributed by atoms with van der Waals surface area (Å²) in [6.07, 6.45) is 7.56. The zero-order chi connectivity index (χ0) is 18.8. The normalized spacial score (nSPS) is 20.1. The number of Topliss-reactive ketones (excluding diaryl/α,β-unsaturated/α-hetero) is 1. The molecule has 4 rings (SSSR count). The van der Waals surface area contributed by atoms with Gasteiger partial charge in [-0.15, -0.1) is 10.2 Å². The van der Waals surface area contributed by atoms with E-state index in [4.69, 9.17) is 0 Å². The minimum Gasteiger partial charge on any atom is -0.396 e. The summed E-state index contributed by atoms with van der Waals surface area (Å²) < 4.78 is 0. The van der Waals surface area contributed by atoms with E-state index in [0.29, 0.717) is 12.3 Å². The number of aliphatic hydroxyl groups is 1. The molecular formula is C20H22N4O2S. The van der Waals surface area contributed by atoms with Gasteiger partial charge in [-0.05, 0) is 56.0 Å². The summed E-state index contributed by atoms with van der Waals surface area (Å²) in [5.41, 5.74) is 1.58. The summed E-state index contributed by atoms with van der Waals surface area (Å²) in [6.45, 7) is 2.15. The number of fused-ring (bicyclic) bond motifs is 1. The van der Waals surface area contributed by atoms with Crippen molar-refractivity contribution in [1.82, 2.24) is 20.2 Å². The Balaban J connectivity index is 1.51. The van der Waals surface area contributed by atoms with Crippen molar-refractivity contribution in [3.05, 3.63) is 35.2 Å². The molecule has 0 bridgehead atoms. The summed E-state index contributed by atoms with van der Waals surface area (Å²) in [6, 6.07) is 3.96. The van der Waals surface area contributed by atoms with Crippen LogP contribution in [0.1, 0.15) is 36.4 Å². The van der Waals surface area contributed by atoms with E-state index in [1.807, 2.05) is 19.1 Å². The average molecular weight is 382 g/mol. The topological polar surface area (TPSA) is 88.9 Å². The first-order valence-corrected chi connectivity index (χ1v) is 10.1. The van der Waals surface area contributed by atoms with Crippen molar-refractivity contribution in [2.75, 3.05) is 6.61 Å². The summed E-state index contributed by atoms with van der Waals surface area (Å²) >= 11 is 1.51. The lowest BCUT2D eigenvalue weighted by Crippen LogP contribution is -2.24. The molecular weight excluding hydrogens is 360 g/mol. The molecule has 1 aliphatic rings. The lowest BCUT2D eigenvalue weighted by Gasteiger charge is -2.26. The van der Waals surface area contributed by atoms with Gasteiger partial charge in [-0.25, -0.2) is 0 Å².